The van der Waals surface area contributed by atoms with Crippen molar-refractivity contribution >= 4 is 17.4 Å². The SMILES string of the molecule is CC(=O)C1=C(O)C(=O)N(CC2CCCO2)C1c1ccccc1[N+](=O)[O-]. The van der Waals surface area contributed by atoms with Crippen LogP contribution in [0.4, 0.5) is 5.69 Å². The Morgan fingerprint density at radius 2 is 2.16 bits per heavy atom. The zero-order valence-corrected chi connectivity index (χ0v) is 13.7. The highest BCUT2D eigenvalue weighted by molar-refractivity contribution is 6.08. The standard InChI is InChI=1S/C17H18N2O6/c1-10(20)14-15(12-6-2-3-7-13(12)19(23)24)18(17(22)16(14)21)9-11-5-4-8-25-11/h2-3,6-7,11,15,21H,4-5,8-9H2,1H3. The average Bonchev–Trinajstić information content (AvgIpc) is 3.17. The van der Waals surface area contributed by atoms with Crippen LogP contribution in [-0.2, 0) is 14.3 Å². The zero-order chi connectivity index (χ0) is 18.1. The summed E-state index contributed by atoms with van der Waals surface area (Å²) in [5.41, 5.74) is -0.114. The van der Waals surface area contributed by atoms with Gasteiger partial charge < -0.3 is 14.7 Å². The van der Waals surface area contributed by atoms with Crippen molar-refractivity contribution in [3.63, 3.8) is 0 Å². The summed E-state index contributed by atoms with van der Waals surface area (Å²) in [5, 5.41) is 21.6. The van der Waals surface area contributed by atoms with Crippen molar-refractivity contribution in [3.8, 4) is 0 Å². The molecule has 2 aliphatic rings. The van der Waals surface area contributed by atoms with E-state index in [1.54, 1.807) is 6.07 Å². The van der Waals surface area contributed by atoms with Crippen LogP contribution in [0.15, 0.2) is 35.6 Å². The smallest absolute Gasteiger partial charge is 0.290 e. The molecule has 132 valence electrons. The summed E-state index contributed by atoms with van der Waals surface area (Å²) >= 11 is 0. The van der Waals surface area contributed by atoms with E-state index >= 15 is 0 Å². The van der Waals surface area contributed by atoms with Gasteiger partial charge >= 0.3 is 0 Å². The Bertz CT molecular complexity index is 766. The molecule has 0 aliphatic carbocycles. The molecule has 3 rings (SSSR count). The first-order chi connectivity index (χ1) is 11.9. The van der Waals surface area contributed by atoms with Crippen molar-refractivity contribution in [2.45, 2.75) is 31.9 Å². The largest absolute Gasteiger partial charge is 0.503 e. The summed E-state index contributed by atoms with van der Waals surface area (Å²) in [6.45, 7) is 1.98. The number of Topliss-reactive ketones (excluding diaryl/α,β-unsaturated/α-hetero) is 1. The van der Waals surface area contributed by atoms with Crippen molar-refractivity contribution in [2.24, 2.45) is 0 Å². The van der Waals surface area contributed by atoms with Crippen LogP contribution in [0.1, 0.15) is 31.4 Å². The second-order valence-corrected chi connectivity index (χ2v) is 6.13. The molecular weight excluding hydrogens is 328 g/mol. The summed E-state index contributed by atoms with van der Waals surface area (Å²) in [5.74, 6) is -1.85. The van der Waals surface area contributed by atoms with E-state index in [2.05, 4.69) is 0 Å². The molecule has 1 fully saturated rings. The Morgan fingerprint density at radius 1 is 1.44 bits per heavy atom. The van der Waals surface area contributed by atoms with E-state index in [1.165, 1.54) is 30.0 Å². The van der Waals surface area contributed by atoms with Gasteiger partial charge in [-0.15, -0.1) is 0 Å². The average molecular weight is 346 g/mol. The number of ketones is 1. The Kier molecular flexibility index (Phi) is 4.54. The number of hydrogen-bond acceptors (Lipinski definition) is 6. The van der Waals surface area contributed by atoms with Crippen molar-refractivity contribution in [2.75, 3.05) is 13.2 Å². The minimum atomic E-state index is -0.990. The summed E-state index contributed by atoms with van der Waals surface area (Å²) in [6, 6.07) is 4.94. The maximum atomic E-state index is 12.5. The Balaban J connectivity index is 2.08. The summed E-state index contributed by atoms with van der Waals surface area (Å²) in [4.78, 5) is 36.7. The van der Waals surface area contributed by atoms with Gasteiger partial charge in [-0.2, -0.15) is 0 Å². The van der Waals surface area contributed by atoms with Crippen LogP contribution < -0.4 is 0 Å². The second-order valence-electron chi connectivity index (χ2n) is 6.13. The highest BCUT2D eigenvalue weighted by Gasteiger charge is 2.45. The molecule has 1 saturated heterocycles. The molecule has 0 radical (unpaired) electrons. The van der Waals surface area contributed by atoms with Crippen LogP contribution in [0.3, 0.4) is 0 Å². The number of carbonyl (C=O) groups is 2. The Morgan fingerprint density at radius 3 is 2.76 bits per heavy atom. The number of ether oxygens (including phenoxy) is 1. The second kappa shape index (κ2) is 6.64. The number of benzene rings is 1. The fourth-order valence-corrected chi connectivity index (χ4v) is 3.42. The predicted molar refractivity (Wildman–Crippen MR) is 86.9 cm³/mol. The molecule has 1 amide bonds. The van der Waals surface area contributed by atoms with Gasteiger partial charge in [0.2, 0.25) is 0 Å². The van der Waals surface area contributed by atoms with Gasteiger partial charge in [0, 0.05) is 19.2 Å². The van der Waals surface area contributed by atoms with E-state index < -0.39 is 28.4 Å². The van der Waals surface area contributed by atoms with Gasteiger partial charge in [-0.25, -0.2) is 0 Å². The van der Waals surface area contributed by atoms with Gasteiger partial charge in [0.25, 0.3) is 11.6 Å². The van der Waals surface area contributed by atoms with E-state index in [0.717, 1.165) is 12.8 Å². The molecule has 8 nitrogen and oxygen atoms in total. The lowest BCUT2D eigenvalue weighted by Crippen LogP contribution is -2.37. The molecule has 1 aromatic carbocycles. The number of aliphatic hydroxyl groups excluding tert-OH is 1. The Labute approximate surface area is 143 Å². The number of para-hydroxylation sites is 1. The molecule has 1 aromatic rings. The number of amides is 1. The predicted octanol–water partition coefficient (Wildman–Crippen LogP) is 2.06. The van der Waals surface area contributed by atoms with E-state index in [-0.39, 0.29) is 29.5 Å². The first-order valence-corrected chi connectivity index (χ1v) is 8.01. The molecule has 0 bridgehead atoms. The molecule has 8 heteroatoms. The number of nitro benzene ring substituents is 1. The maximum absolute atomic E-state index is 12.5. The highest BCUT2D eigenvalue weighted by atomic mass is 16.6. The van der Waals surface area contributed by atoms with Gasteiger partial charge in [-0.1, -0.05) is 12.1 Å². The first-order valence-electron chi connectivity index (χ1n) is 8.01. The van der Waals surface area contributed by atoms with Crippen LogP contribution in [0, 0.1) is 10.1 Å². The van der Waals surface area contributed by atoms with Crippen LogP contribution in [0.5, 0.6) is 0 Å². The summed E-state index contributed by atoms with van der Waals surface area (Å²) < 4.78 is 5.54. The van der Waals surface area contributed by atoms with Crippen molar-refractivity contribution in [1.29, 1.82) is 0 Å². The van der Waals surface area contributed by atoms with Gasteiger partial charge in [-0.3, -0.25) is 19.7 Å². The van der Waals surface area contributed by atoms with Gasteiger partial charge in [0.05, 0.1) is 28.2 Å². The van der Waals surface area contributed by atoms with Crippen molar-refractivity contribution in [3.05, 3.63) is 51.3 Å². The van der Waals surface area contributed by atoms with Crippen molar-refractivity contribution < 1.29 is 24.4 Å². The fraction of sp³-hybridized carbons (Fsp3) is 0.412. The van der Waals surface area contributed by atoms with E-state index in [4.69, 9.17) is 4.74 Å². The third-order valence-corrected chi connectivity index (χ3v) is 4.54. The molecule has 2 heterocycles. The number of aliphatic hydroxyl groups is 1. The quantitative estimate of drug-likeness (QED) is 0.645. The first kappa shape index (κ1) is 17.1. The number of hydrogen-bond donors (Lipinski definition) is 1. The summed E-state index contributed by atoms with van der Waals surface area (Å²) in [6.07, 6.45) is 1.40. The molecule has 0 aromatic heterocycles. The molecule has 2 atom stereocenters. The van der Waals surface area contributed by atoms with E-state index in [9.17, 15) is 24.8 Å². The lowest BCUT2D eigenvalue weighted by molar-refractivity contribution is -0.385. The Hall–Kier alpha value is -2.74. The molecular formula is C17H18N2O6. The number of nitro groups is 1. The molecule has 0 spiro atoms. The zero-order valence-electron chi connectivity index (χ0n) is 13.7. The van der Waals surface area contributed by atoms with E-state index in [1.807, 2.05) is 0 Å². The third-order valence-electron chi connectivity index (χ3n) is 4.54. The van der Waals surface area contributed by atoms with Crippen molar-refractivity contribution in [1.82, 2.24) is 4.90 Å². The molecule has 25 heavy (non-hydrogen) atoms. The van der Waals surface area contributed by atoms with Gasteiger partial charge in [0.1, 0.15) is 0 Å². The lowest BCUT2D eigenvalue weighted by Gasteiger charge is -2.28. The maximum Gasteiger partial charge on any atom is 0.290 e. The lowest BCUT2D eigenvalue weighted by atomic mass is 9.95. The summed E-state index contributed by atoms with van der Waals surface area (Å²) in [7, 11) is 0. The van der Waals surface area contributed by atoms with E-state index in [0.29, 0.717) is 6.61 Å². The van der Waals surface area contributed by atoms with Crippen LogP contribution in [0.2, 0.25) is 0 Å². The van der Waals surface area contributed by atoms with Crippen LogP contribution >= 0.6 is 0 Å². The normalized spacial score (nSPS) is 23.4. The number of nitrogens with zero attached hydrogens (tertiary/aromatic N) is 2. The minimum Gasteiger partial charge on any atom is -0.503 e. The minimum absolute atomic E-state index is 0.114. The molecule has 0 saturated carbocycles. The molecule has 2 unspecified atom stereocenters. The number of rotatable bonds is 5. The molecule has 2 aliphatic heterocycles. The monoisotopic (exact) mass is 346 g/mol. The van der Waals surface area contributed by atoms with Crippen LogP contribution in [-0.4, -0.2) is 45.9 Å². The number of carbonyl (C=O) groups excluding carboxylic acids is 2. The topological polar surface area (TPSA) is 110 Å². The fourth-order valence-electron chi connectivity index (χ4n) is 3.42. The van der Waals surface area contributed by atoms with Gasteiger partial charge in [0.15, 0.2) is 11.5 Å². The molecule has 1 N–H and O–H groups in total. The third kappa shape index (κ3) is 3.00. The highest BCUT2D eigenvalue weighted by Crippen LogP contribution is 2.41. The van der Waals surface area contributed by atoms with Crippen LogP contribution in [0.25, 0.3) is 0 Å². The van der Waals surface area contributed by atoms with Gasteiger partial charge in [-0.05, 0) is 25.8 Å².